The molecule has 1 atom stereocenters. The summed E-state index contributed by atoms with van der Waals surface area (Å²) < 4.78 is 0. The number of amides is 2. The predicted molar refractivity (Wildman–Crippen MR) is 129 cm³/mol. The van der Waals surface area contributed by atoms with Gasteiger partial charge in [-0.15, -0.1) is 0 Å². The Kier molecular flexibility index (Phi) is 5.66. The van der Waals surface area contributed by atoms with Crippen molar-refractivity contribution >= 4 is 33.6 Å². The zero-order chi connectivity index (χ0) is 22.9. The van der Waals surface area contributed by atoms with E-state index in [1.807, 2.05) is 60.7 Å². The van der Waals surface area contributed by atoms with E-state index in [-0.39, 0.29) is 11.3 Å². The maximum Gasteiger partial charge on any atom is 0.253 e. The Labute approximate surface area is 187 Å². The Hall–Kier alpha value is -3.73. The molecule has 162 valence electrons. The largest absolute Gasteiger partial charge is 0.368 e. The fourth-order valence-corrected chi connectivity index (χ4v) is 3.91. The number of para-hydroxylation sites is 2. The number of aromatic nitrogens is 1. The van der Waals surface area contributed by atoms with Gasteiger partial charge in [-0.05, 0) is 28.7 Å². The molecule has 3 aromatic carbocycles. The van der Waals surface area contributed by atoms with Crippen molar-refractivity contribution in [1.29, 1.82) is 0 Å². The van der Waals surface area contributed by atoms with Crippen LogP contribution in [0.2, 0.25) is 0 Å². The molecule has 5 nitrogen and oxygen atoms in total. The van der Waals surface area contributed by atoms with E-state index in [1.165, 1.54) is 5.56 Å². The van der Waals surface area contributed by atoms with Crippen LogP contribution in [0.5, 0.6) is 0 Å². The lowest BCUT2D eigenvalue weighted by Gasteiger charge is -2.20. The molecule has 32 heavy (non-hydrogen) atoms. The van der Waals surface area contributed by atoms with Gasteiger partial charge in [-0.3, -0.25) is 9.59 Å². The summed E-state index contributed by atoms with van der Waals surface area (Å²) in [6, 6.07) is 22.3. The summed E-state index contributed by atoms with van der Waals surface area (Å²) in [6.07, 6.45) is 0.326. The van der Waals surface area contributed by atoms with Gasteiger partial charge >= 0.3 is 0 Å². The standard InChI is InChI=1S/C27H27N3O2/c1-27(2,3)18-14-12-17(13-15-18)16-23(25(28)31)30-26(32)24-19-8-4-6-10-21(19)29-22-11-7-5-9-20(22)24/h4-15,23H,16H2,1-3H3,(H2,28,31)(H,30,32)/t23-/m1/s1. The second-order valence-corrected chi connectivity index (χ2v) is 9.10. The topological polar surface area (TPSA) is 85.1 Å². The molecule has 0 bridgehead atoms. The summed E-state index contributed by atoms with van der Waals surface area (Å²) in [6.45, 7) is 6.45. The third-order valence-corrected chi connectivity index (χ3v) is 5.72. The minimum atomic E-state index is -0.825. The molecule has 0 aliphatic rings. The molecule has 2 amide bonds. The van der Waals surface area contributed by atoms with Crippen molar-refractivity contribution in [3.05, 3.63) is 89.5 Å². The zero-order valence-electron chi connectivity index (χ0n) is 18.6. The number of pyridine rings is 1. The van der Waals surface area contributed by atoms with Gasteiger partial charge in [0.2, 0.25) is 5.91 Å². The molecule has 0 spiro atoms. The van der Waals surface area contributed by atoms with Crippen LogP contribution >= 0.6 is 0 Å². The van der Waals surface area contributed by atoms with Gasteiger partial charge in [0.1, 0.15) is 6.04 Å². The van der Waals surface area contributed by atoms with Crippen LogP contribution < -0.4 is 11.1 Å². The van der Waals surface area contributed by atoms with Crippen LogP contribution in [0.4, 0.5) is 0 Å². The van der Waals surface area contributed by atoms with E-state index in [2.05, 4.69) is 43.2 Å². The molecule has 3 N–H and O–H groups in total. The van der Waals surface area contributed by atoms with E-state index < -0.39 is 11.9 Å². The van der Waals surface area contributed by atoms with Crippen molar-refractivity contribution in [3.63, 3.8) is 0 Å². The summed E-state index contributed by atoms with van der Waals surface area (Å²) in [4.78, 5) is 30.3. The van der Waals surface area contributed by atoms with Crippen LogP contribution in [0, 0.1) is 0 Å². The third kappa shape index (κ3) is 4.33. The molecule has 1 aromatic heterocycles. The van der Waals surface area contributed by atoms with Crippen LogP contribution in [0.1, 0.15) is 42.3 Å². The Bertz CT molecular complexity index is 1250. The maximum atomic E-state index is 13.4. The first-order valence-electron chi connectivity index (χ1n) is 10.7. The van der Waals surface area contributed by atoms with E-state index in [0.717, 1.165) is 27.4 Å². The highest BCUT2D eigenvalue weighted by Gasteiger charge is 2.23. The number of hydrogen-bond donors (Lipinski definition) is 2. The molecule has 0 saturated carbocycles. The number of nitrogens with one attached hydrogen (secondary N) is 1. The number of nitrogens with zero attached hydrogens (tertiary/aromatic N) is 1. The third-order valence-electron chi connectivity index (χ3n) is 5.72. The molecule has 4 aromatic rings. The van der Waals surface area contributed by atoms with Gasteiger partial charge in [-0.2, -0.15) is 0 Å². The number of benzene rings is 3. The van der Waals surface area contributed by atoms with Gasteiger partial charge in [0.25, 0.3) is 5.91 Å². The first kappa shape index (κ1) is 21.5. The first-order valence-corrected chi connectivity index (χ1v) is 10.7. The van der Waals surface area contributed by atoms with Crippen molar-refractivity contribution < 1.29 is 9.59 Å². The molecule has 0 fully saturated rings. The van der Waals surface area contributed by atoms with Crippen LogP contribution in [-0.2, 0) is 16.6 Å². The smallest absolute Gasteiger partial charge is 0.253 e. The Balaban J connectivity index is 1.66. The number of carbonyl (C=O) groups is 2. The summed E-state index contributed by atoms with van der Waals surface area (Å²) >= 11 is 0. The molecule has 5 heteroatoms. The van der Waals surface area contributed by atoms with Crippen LogP contribution in [-0.4, -0.2) is 22.8 Å². The minimum absolute atomic E-state index is 0.0410. The number of nitrogens with two attached hydrogens (primary N) is 1. The van der Waals surface area contributed by atoms with E-state index in [4.69, 9.17) is 5.73 Å². The number of rotatable bonds is 5. The highest BCUT2D eigenvalue weighted by atomic mass is 16.2. The normalized spacial score (nSPS) is 12.6. The number of hydrogen-bond acceptors (Lipinski definition) is 3. The van der Waals surface area contributed by atoms with Crippen molar-refractivity contribution in [1.82, 2.24) is 10.3 Å². The highest BCUT2D eigenvalue weighted by molar-refractivity contribution is 6.16. The second kappa shape index (κ2) is 8.42. The van der Waals surface area contributed by atoms with Gasteiger partial charge in [0, 0.05) is 17.2 Å². The Morgan fingerprint density at radius 3 is 1.91 bits per heavy atom. The average molecular weight is 426 g/mol. The Morgan fingerprint density at radius 2 is 1.41 bits per heavy atom. The van der Waals surface area contributed by atoms with Crippen LogP contribution in [0.3, 0.4) is 0 Å². The minimum Gasteiger partial charge on any atom is -0.368 e. The molecule has 0 radical (unpaired) electrons. The summed E-state index contributed by atoms with van der Waals surface area (Å²) in [7, 11) is 0. The molecule has 4 rings (SSSR count). The predicted octanol–water partition coefficient (Wildman–Crippen LogP) is 4.51. The molecular weight excluding hydrogens is 398 g/mol. The van der Waals surface area contributed by atoms with Gasteiger partial charge in [-0.1, -0.05) is 81.4 Å². The monoisotopic (exact) mass is 425 g/mol. The van der Waals surface area contributed by atoms with Gasteiger partial charge < -0.3 is 11.1 Å². The molecule has 0 unspecified atom stereocenters. The van der Waals surface area contributed by atoms with E-state index in [1.54, 1.807) is 0 Å². The quantitative estimate of drug-likeness (QED) is 0.461. The SMILES string of the molecule is CC(C)(C)c1ccc(C[C@@H](NC(=O)c2c3ccccc3nc3ccccc23)C(N)=O)cc1. The molecule has 1 heterocycles. The van der Waals surface area contributed by atoms with Crippen molar-refractivity contribution in [3.8, 4) is 0 Å². The van der Waals surface area contributed by atoms with Gasteiger partial charge in [0.15, 0.2) is 0 Å². The summed E-state index contributed by atoms with van der Waals surface area (Å²) in [5.41, 5.74) is 9.80. The van der Waals surface area contributed by atoms with Crippen molar-refractivity contribution in [2.75, 3.05) is 0 Å². The molecular formula is C27H27N3O2. The van der Waals surface area contributed by atoms with Crippen LogP contribution in [0.25, 0.3) is 21.8 Å². The van der Waals surface area contributed by atoms with Crippen LogP contribution in [0.15, 0.2) is 72.8 Å². The van der Waals surface area contributed by atoms with Gasteiger partial charge in [0.05, 0.1) is 16.6 Å². The van der Waals surface area contributed by atoms with E-state index in [0.29, 0.717) is 12.0 Å². The highest BCUT2D eigenvalue weighted by Crippen LogP contribution is 2.26. The molecule has 0 aliphatic carbocycles. The first-order chi connectivity index (χ1) is 15.2. The number of fused-ring (bicyclic) bond motifs is 2. The average Bonchev–Trinajstić information content (AvgIpc) is 2.76. The summed E-state index contributed by atoms with van der Waals surface area (Å²) in [5, 5.41) is 4.34. The van der Waals surface area contributed by atoms with E-state index in [9.17, 15) is 9.59 Å². The second-order valence-electron chi connectivity index (χ2n) is 9.10. The van der Waals surface area contributed by atoms with Crippen molar-refractivity contribution in [2.24, 2.45) is 5.73 Å². The summed E-state index contributed by atoms with van der Waals surface area (Å²) in [5.74, 6) is -0.907. The fraction of sp³-hybridized carbons (Fsp3) is 0.222. The van der Waals surface area contributed by atoms with Crippen molar-refractivity contribution in [2.45, 2.75) is 38.6 Å². The molecule has 0 aliphatic heterocycles. The lowest BCUT2D eigenvalue weighted by atomic mass is 9.86. The lowest BCUT2D eigenvalue weighted by Crippen LogP contribution is -2.46. The van der Waals surface area contributed by atoms with E-state index >= 15 is 0 Å². The molecule has 0 saturated heterocycles. The Morgan fingerprint density at radius 1 is 0.875 bits per heavy atom. The number of carbonyl (C=O) groups excluding carboxylic acids is 2. The lowest BCUT2D eigenvalue weighted by molar-refractivity contribution is -0.119. The fourth-order valence-electron chi connectivity index (χ4n) is 3.91. The maximum absolute atomic E-state index is 13.4. The van der Waals surface area contributed by atoms with Gasteiger partial charge in [-0.25, -0.2) is 4.98 Å². The zero-order valence-corrected chi connectivity index (χ0v) is 18.6. The number of primary amides is 1.